The van der Waals surface area contributed by atoms with Gasteiger partial charge in [0.2, 0.25) is 0 Å². The van der Waals surface area contributed by atoms with Crippen molar-refractivity contribution in [2.75, 3.05) is 11.9 Å². The number of nitrogens with one attached hydrogen (secondary N) is 1. The number of carbonyl (C=O) groups excluding carboxylic acids is 2. The Morgan fingerprint density at radius 3 is 2.42 bits per heavy atom. The summed E-state index contributed by atoms with van der Waals surface area (Å²) >= 11 is 5.82. The molecule has 0 saturated carbocycles. The molecular weight excluding hydrogens is 342 g/mol. The average Bonchev–Trinajstić information content (AvgIpc) is 2.52. The quantitative estimate of drug-likeness (QED) is 0.858. The van der Waals surface area contributed by atoms with E-state index in [-0.39, 0.29) is 16.1 Å². The first-order valence-electron chi connectivity index (χ1n) is 6.52. The fourth-order valence-electron chi connectivity index (χ4n) is 1.77. The number of benzene rings is 2. The van der Waals surface area contributed by atoms with E-state index in [0.29, 0.717) is 11.8 Å². The summed E-state index contributed by atoms with van der Waals surface area (Å²) in [4.78, 5) is 23.4. The van der Waals surface area contributed by atoms with Gasteiger partial charge in [-0.25, -0.2) is 13.6 Å². The highest BCUT2D eigenvalue weighted by molar-refractivity contribution is 6.32. The number of nitrogens with zero attached hydrogens (tertiary/aromatic N) is 1. The summed E-state index contributed by atoms with van der Waals surface area (Å²) in [7, 11) is 0. The summed E-state index contributed by atoms with van der Waals surface area (Å²) in [6.45, 7) is -0.658. The number of nitriles is 1. The zero-order chi connectivity index (χ0) is 17.7. The second-order valence-electron chi connectivity index (χ2n) is 4.59. The maximum Gasteiger partial charge on any atom is 0.338 e. The molecule has 1 amide bonds. The number of amides is 1. The highest BCUT2D eigenvalue weighted by atomic mass is 35.5. The van der Waals surface area contributed by atoms with Gasteiger partial charge < -0.3 is 10.1 Å². The molecule has 5 nitrogen and oxygen atoms in total. The molecule has 0 aliphatic heterocycles. The number of ether oxygens (including phenoxy) is 1. The van der Waals surface area contributed by atoms with Crippen LogP contribution in [0.3, 0.4) is 0 Å². The van der Waals surface area contributed by atoms with Crippen LogP contribution in [0.15, 0.2) is 36.4 Å². The Balaban J connectivity index is 1.94. The first-order chi connectivity index (χ1) is 11.4. The summed E-state index contributed by atoms with van der Waals surface area (Å²) in [5.41, 5.74) is 0.202. The number of rotatable bonds is 4. The minimum atomic E-state index is -1.04. The van der Waals surface area contributed by atoms with Crippen molar-refractivity contribution in [2.24, 2.45) is 0 Å². The van der Waals surface area contributed by atoms with Crippen molar-refractivity contribution in [3.8, 4) is 6.07 Å². The van der Waals surface area contributed by atoms with E-state index in [2.05, 4.69) is 10.1 Å². The molecule has 0 bridgehead atoms. The van der Waals surface area contributed by atoms with Gasteiger partial charge in [-0.1, -0.05) is 11.6 Å². The van der Waals surface area contributed by atoms with Gasteiger partial charge >= 0.3 is 5.97 Å². The van der Waals surface area contributed by atoms with Gasteiger partial charge in [-0.3, -0.25) is 4.79 Å². The predicted molar refractivity (Wildman–Crippen MR) is 81.4 cm³/mol. The largest absolute Gasteiger partial charge is 0.452 e. The van der Waals surface area contributed by atoms with Crippen molar-refractivity contribution in [2.45, 2.75) is 0 Å². The summed E-state index contributed by atoms with van der Waals surface area (Å²) < 4.78 is 30.7. The average molecular weight is 351 g/mol. The summed E-state index contributed by atoms with van der Waals surface area (Å²) in [6.07, 6.45) is 0. The topological polar surface area (TPSA) is 79.2 Å². The van der Waals surface area contributed by atoms with Crippen molar-refractivity contribution in [3.63, 3.8) is 0 Å². The number of esters is 1. The van der Waals surface area contributed by atoms with Gasteiger partial charge in [-0.05, 0) is 30.3 Å². The molecule has 0 spiro atoms. The lowest BCUT2D eigenvalue weighted by Crippen LogP contribution is -2.21. The molecule has 0 radical (unpaired) electrons. The zero-order valence-corrected chi connectivity index (χ0v) is 12.7. The van der Waals surface area contributed by atoms with Crippen LogP contribution in [0.2, 0.25) is 5.02 Å². The molecule has 0 aromatic heterocycles. The second-order valence-corrected chi connectivity index (χ2v) is 5.00. The van der Waals surface area contributed by atoms with Crippen LogP contribution in [0.4, 0.5) is 14.5 Å². The van der Waals surface area contributed by atoms with Crippen LogP contribution in [0.1, 0.15) is 15.9 Å². The maximum atomic E-state index is 13.0. The lowest BCUT2D eigenvalue weighted by atomic mass is 10.2. The first-order valence-corrected chi connectivity index (χ1v) is 6.89. The highest BCUT2D eigenvalue weighted by Gasteiger charge is 2.13. The molecule has 0 heterocycles. The van der Waals surface area contributed by atoms with Crippen molar-refractivity contribution >= 4 is 29.2 Å². The number of hydrogen-bond acceptors (Lipinski definition) is 4. The van der Waals surface area contributed by atoms with E-state index in [1.807, 2.05) is 6.07 Å². The van der Waals surface area contributed by atoms with Gasteiger partial charge in [0.15, 0.2) is 6.61 Å². The van der Waals surface area contributed by atoms with Crippen LogP contribution in [-0.2, 0) is 9.53 Å². The molecule has 2 aromatic carbocycles. The van der Waals surface area contributed by atoms with E-state index in [0.717, 1.165) is 12.1 Å². The van der Waals surface area contributed by atoms with Gasteiger partial charge in [-0.2, -0.15) is 5.26 Å². The zero-order valence-electron chi connectivity index (χ0n) is 12.0. The molecule has 0 aliphatic rings. The van der Waals surface area contributed by atoms with E-state index in [9.17, 15) is 18.4 Å². The van der Waals surface area contributed by atoms with Crippen molar-refractivity contribution in [3.05, 3.63) is 64.2 Å². The molecule has 0 fully saturated rings. The lowest BCUT2D eigenvalue weighted by molar-refractivity contribution is -0.119. The molecule has 122 valence electrons. The summed E-state index contributed by atoms with van der Waals surface area (Å²) in [5, 5.41) is 11.3. The van der Waals surface area contributed by atoms with E-state index in [1.165, 1.54) is 18.2 Å². The van der Waals surface area contributed by atoms with E-state index >= 15 is 0 Å². The van der Waals surface area contributed by atoms with Crippen molar-refractivity contribution in [1.29, 1.82) is 5.26 Å². The van der Waals surface area contributed by atoms with Gasteiger partial charge in [0.1, 0.15) is 17.7 Å². The molecule has 0 unspecified atom stereocenters. The first kappa shape index (κ1) is 17.4. The van der Waals surface area contributed by atoms with Crippen LogP contribution < -0.4 is 5.32 Å². The molecule has 0 saturated heterocycles. The Bertz CT molecular complexity index is 829. The molecule has 1 N–H and O–H groups in total. The lowest BCUT2D eigenvalue weighted by Gasteiger charge is -2.07. The smallest absolute Gasteiger partial charge is 0.338 e. The molecule has 8 heteroatoms. The third kappa shape index (κ3) is 4.51. The molecular formula is C16H9ClF2N2O3. The summed E-state index contributed by atoms with van der Waals surface area (Å²) in [6, 6.07) is 8.30. The second kappa shape index (κ2) is 7.53. The summed E-state index contributed by atoms with van der Waals surface area (Å²) in [5.74, 6) is -3.58. The maximum absolute atomic E-state index is 13.0. The third-order valence-corrected chi connectivity index (χ3v) is 3.12. The predicted octanol–water partition coefficient (Wildman–Crippen LogP) is 3.29. The van der Waals surface area contributed by atoms with Crippen LogP contribution in [0.5, 0.6) is 0 Å². The Hall–Kier alpha value is -2.98. The number of carbonyl (C=O) groups is 2. The Morgan fingerprint density at radius 1 is 1.17 bits per heavy atom. The molecule has 2 rings (SSSR count). The van der Waals surface area contributed by atoms with Gasteiger partial charge in [-0.15, -0.1) is 0 Å². The van der Waals surface area contributed by atoms with Crippen molar-refractivity contribution < 1.29 is 23.1 Å². The monoisotopic (exact) mass is 350 g/mol. The Morgan fingerprint density at radius 2 is 1.83 bits per heavy atom. The van der Waals surface area contributed by atoms with Gasteiger partial charge in [0.25, 0.3) is 5.91 Å². The van der Waals surface area contributed by atoms with E-state index in [4.69, 9.17) is 16.9 Å². The van der Waals surface area contributed by atoms with Crippen LogP contribution >= 0.6 is 11.6 Å². The van der Waals surface area contributed by atoms with Gasteiger partial charge in [0.05, 0.1) is 16.1 Å². The van der Waals surface area contributed by atoms with Crippen molar-refractivity contribution in [1.82, 2.24) is 0 Å². The fourth-order valence-corrected chi connectivity index (χ4v) is 1.99. The third-order valence-electron chi connectivity index (χ3n) is 2.81. The Labute approximate surface area is 140 Å². The standard InChI is InChI=1S/C16H9ClF2N2O3/c17-14-6-13(2-1-9(14)7-20)21-15(22)8-24-16(23)10-3-11(18)5-12(19)4-10/h1-6H,8H2,(H,21,22). The minimum Gasteiger partial charge on any atom is -0.452 e. The normalized spacial score (nSPS) is 9.92. The minimum absolute atomic E-state index is 0.155. The SMILES string of the molecule is N#Cc1ccc(NC(=O)COC(=O)c2cc(F)cc(F)c2)cc1Cl. The Kier molecular flexibility index (Phi) is 5.45. The van der Waals surface area contributed by atoms with E-state index in [1.54, 1.807) is 0 Å². The fraction of sp³-hybridized carbons (Fsp3) is 0.0625. The molecule has 24 heavy (non-hydrogen) atoms. The van der Waals surface area contributed by atoms with Gasteiger partial charge in [0, 0.05) is 11.8 Å². The molecule has 0 atom stereocenters. The number of anilines is 1. The van der Waals surface area contributed by atoms with Crippen LogP contribution in [0.25, 0.3) is 0 Å². The molecule has 2 aromatic rings. The highest BCUT2D eigenvalue weighted by Crippen LogP contribution is 2.20. The molecule has 0 aliphatic carbocycles. The van der Waals surface area contributed by atoms with Crippen LogP contribution in [-0.4, -0.2) is 18.5 Å². The number of halogens is 3. The number of hydrogen-bond donors (Lipinski definition) is 1. The van der Waals surface area contributed by atoms with E-state index < -0.39 is 30.1 Å². The van der Waals surface area contributed by atoms with Crippen LogP contribution in [0, 0.1) is 23.0 Å².